The Morgan fingerprint density at radius 3 is 2.50 bits per heavy atom. The lowest BCUT2D eigenvalue weighted by Crippen LogP contribution is -2.41. The maximum Gasteiger partial charge on any atom is 0.251 e. The number of nitrogens with one attached hydrogen (secondary N) is 2. The van der Waals surface area contributed by atoms with Crippen LogP contribution in [0.1, 0.15) is 17.3 Å². The summed E-state index contributed by atoms with van der Waals surface area (Å²) in [5, 5.41) is 15.2. The lowest BCUT2D eigenvalue weighted by atomic mass is 10.2. The smallest absolute Gasteiger partial charge is 0.251 e. The maximum absolute atomic E-state index is 12.1. The number of amides is 2. The summed E-state index contributed by atoms with van der Waals surface area (Å²) in [5.74, 6) is -0.903. The van der Waals surface area contributed by atoms with Crippen molar-refractivity contribution < 1.29 is 14.7 Å². The molecule has 1 atom stereocenters. The minimum Gasteiger partial charge on any atom is -0.506 e. The Labute approximate surface area is 132 Å². The van der Waals surface area contributed by atoms with Crippen molar-refractivity contribution in [3.63, 3.8) is 0 Å². The van der Waals surface area contributed by atoms with Crippen LogP contribution in [0.5, 0.6) is 5.75 Å². The molecule has 0 aromatic heterocycles. The summed E-state index contributed by atoms with van der Waals surface area (Å²) < 4.78 is 0. The van der Waals surface area contributed by atoms with Crippen molar-refractivity contribution in [3.05, 3.63) is 59.1 Å². The minimum atomic E-state index is -0.772. The van der Waals surface area contributed by atoms with Crippen LogP contribution in [0.25, 0.3) is 0 Å². The van der Waals surface area contributed by atoms with Crippen LogP contribution in [0.2, 0.25) is 5.02 Å². The molecule has 0 bridgehead atoms. The molecule has 22 heavy (non-hydrogen) atoms. The first kappa shape index (κ1) is 15.9. The van der Waals surface area contributed by atoms with Gasteiger partial charge in [0.2, 0.25) is 5.91 Å². The van der Waals surface area contributed by atoms with Crippen molar-refractivity contribution in [2.45, 2.75) is 13.0 Å². The van der Waals surface area contributed by atoms with E-state index in [0.29, 0.717) is 10.6 Å². The van der Waals surface area contributed by atoms with E-state index in [1.807, 2.05) is 0 Å². The molecule has 1 unspecified atom stereocenters. The van der Waals surface area contributed by atoms with Crippen LogP contribution in [0, 0.1) is 0 Å². The Bertz CT molecular complexity index is 689. The van der Waals surface area contributed by atoms with Crippen LogP contribution in [-0.2, 0) is 4.79 Å². The maximum atomic E-state index is 12.1. The molecule has 0 saturated carbocycles. The first-order chi connectivity index (χ1) is 10.5. The highest BCUT2D eigenvalue weighted by Gasteiger charge is 2.17. The molecule has 5 nitrogen and oxygen atoms in total. The van der Waals surface area contributed by atoms with Gasteiger partial charge in [0.25, 0.3) is 5.91 Å². The highest BCUT2D eigenvalue weighted by Crippen LogP contribution is 2.26. The third-order valence-electron chi connectivity index (χ3n) is 2.99. The monoisotopic (exact) mass is 318 g/mol. The normalized spacial score (nSPS) is 11.5. The van der Waals surface area contributed by atoms with Gasteiger partial charge in [0, 0.05) is 10.6 Å². The number of halogens is 1. The lowest BCUT2D eigenvalue weighted by Gasteiger charge is -2.15. The number of hydrogen-bond donors (Lipinski definition) is 3. The molecule has 6 heteroatoms. The SMILES string of the molecule is CC(NC(=O)c1ccccc1)C(=O)Nc1cc(Cl)ccc1O. The minimum absolute atomic E-state index is 0.0978. The van der Waals surface area contributed by atoms with Crippen molar-refractivity contribution in [2.24, 2.45) is 0 Å². The van der Waals surface area contributed by atoms with Crippen molar-refractivity contribution in [1.29, 1.82) is 0 Å². The number of rotatable bonds is 4. The number of carbonyl (C=O) groups excluding carboxylic acids is 2. The number of benzene rings is 2. The zero-order valence-corrected chi connectivity index (χ0v) is 12.6. The molecule has 0 heterocycles. The largest absolute Gasteiger partial charge is 0.506 e. The zero-order chi connectivity index (χ0) is 16.1. The molecule has 0 fully saturated rings. The van der Waals surface area contributed by atoms with Crippen LogP contribution < -0.4 is 10.6 Å². The first-order valence-corrected chi connectivity index (χ1v) is 7.00. The molecule has 2 aromatic rings. The van der Waals surface area contributed by atoms with E-state index in [9.17, 15) is 14.7 Å². The van der Waals surface area contributed by atoms with E-state index in [0.717, 1.165) is 0 Å². The molecular formula is C16H15ClN2O3. The van der Waals surface area contributed by atoms with E-state index in [2.05, 4.69) is 10.6 Å². The molecule has 2 amide bonds. The molecule has 0 aliphatic heterocycles. The third kappa shape index (κ3) is 3.99. The van der Waals surface area contributed by atoms with Gasteiger partial charge in [-0.1, -0.05) is 29.8 Å². The topological polar surface area (TPSA) is 78.4 Å². The molecule has 0 saturated heterocycles. The Balaban J connectivity index is 2.00. The fourth-order valence-corrected chi connectivity index (χ4v) is 1.96. The number of phenolic OH excluding ortho intramolecular Hbond substituents is 1. The average Bonchev–Trinajstić information content (AvgIpc) is 2.51. The number of phenols is 1. The molecule has 0 radical (unpaired) electrons. The Morgan fingerprint density at radius 2 is 1.82 bits per heavy atom. The summed E-state index contributed by atoms with van der Waals surface area (Å²) in [6, 6.07) is 12.1. The highest BCUT2D eigenvalue weighted by molar-refractivity contribution is 6.31. The van der Waals surface area contributed by atoms with E-state index >= 15 is 0 Å². The first-order valence-electron chi connectivity index (χ1n) is 6.62. The summed E-state index contributed by atoms with van der Waals surface area (Å²) in [6.45, 7) is 1.55. The molecule has 0 aliphatic carbocycles. The number of anilines is 1. The van der Waals surface area contributed by atoms with E-state index < -0.39 is 11.9 Å². The van der Waals surface area contributed by atoms with E-state index in [4.69, 9.17) is 11.6 Å². The standard InChI is InChI=1S/C16H15ClN2O3/c1-10(18-16(22)11-5-3-2-4-6-11)15(21)19-13-9-12(17)7-8-14(13)20/h2-10,20H,1H3,(H,18,22)(H,19,21). The molecule has 0 spiro atoms. The number of hydrogen-bond acceptors (Lipinski definition) is 3. The summed E-state index contributed by atoms with van der Waals surface area (Å²) in [7, 11) is 0. The average molecular weight is 319 g/mol. The van der Waals surface area contributed by atoms with Crippen LogP contribution in [-0.4, -0.2) is 23.0 Å². The van der Waals surface area contributed by atoms with Crippen molar-refractivity contribution in [1.82, 2.24) is 5.32 Å². The second-order valence-electron chi connectivity index (χ2n) is 4.71. The van der Waals surface area contributed by atoms with E-state index in [1.54, 1.807) is 37.3 Å². The Hall–Kier alpha value is -2.53. The summed E-state index contributed by atoms with van der Waals surface area (Å²) in [6.07, 6.45) is 0. The van der Waals surface area contributed by atoms with Gasteiger partial charge in [-0.05, 0) is 37.3 Å². The van der Waals surface area contributed by atoms with Gasteiger partial charge in [0.1, 0.15) is 11.8 Å². The van der Waals surface area contributed by atoms with Gasteiger partial charge in [-0.25, -0.2) is 0 Å². The van der Waals surface area contributed by atoms with Crippen LogP contribution in [0.15, 0.2) is 48.5 Å². The van der Waals surface area contributed by atoms with Gasteiger partial charge in [-0.15, -0.1) is 0 Å². The Kier molecular flexibility index (Phi) is 5.01. The quantitative estimate of drug-likeness (QED) is 0.758. The number of aromatic hydroxyl groups is 1. The van der Waals surface area contributed by atoms with Gasteiger partial charge < -0.3 is 15.7 Å². The second kappa shape index (κ2) is 6.95. The lowest BCUT2D eigenvalue weighted by molar-refractivity contribution is -0.117. The van der Waals surface area contributed by atoms with Crippen molar-refractivity contribution in [2.75, 3.05) is 5.32 Å². The van der Waals surface area contributed by atoms with Gasteiger partial charge in [-0.2, -0.15) is 0 Å². The predicted octanol–water partition coefficient (Wildman–Crippen LogP) is 2.80. The van der Waals surface area contributed by atoms with E-state index in [-0.39, 0.29) is 17.3 Å². The summed E-state index contributed by atoms with van der Waals surface area (Å²) in [4.78, 5) is 24.0. The van der Waals surface area contributed by atoms with Crippen molar-refractivity contribution in [3.8, 4) is 5.75 Å². The second-order valence-corrected chi connectivity index (χ2v) is 5.15. The highest BCUT2D eigenvalue weighted by atomic mass is 35.5. The van der Waals surface area contributed by atoms with Crippen LogP contribution >= 0.6 is 11.6 Å². The van der Waals surface area contributed by atoms with E-state index in [1.165, 1.54) is 18.2 Å². The third-order valence-corrected chi connectivity index (χ3v) is 3.23. The molecule has 2 aromatic carbocycles. The Morgan fingerprint density at radius 1 is 1.14 bits per heavy atom. The molecule has 3 N–H and O–H groups in total. The van der Waals surface area contributed by atoms with Crippen LogP contribution in [0.3, 0.4) is 0 Å². The molecule has 0 aliphatic rings. The molecule has 2 rings (SSSR count). The molecule has 114 valence electrons. The fraction of sp³-hybridized carbons (Fsp3) is 0.125. The molecular weight excluding hydrogens is 304 g/mol. The van der Waals surface area contributed by atoms with Crippen molar-refractivity contribution >= 4 is 29.1 Å². The van der Waals surface area contributed by atoms with Crippen LogP contribution in [0.4, 0.5) is 5.69 Å². The fourth-order valence-electron chi connectivity index (χ4n) is 1.78. The summed E-state index contributed by atoms with van der Waals surface area (Å²) in [5.41, 5.74) is 0.658. The predicted molar refractivity (Wildman–Crippen MR) is 85.1 cm³/mol. The van der Waals surface area contributed by atoms with Gasteiger partial charge in [0.15, 0.2) is 0 Å². The zero-order valence-electron chi connectivity index (χ0n) is 11.8. The van der Waals surface area contributed by atoms with Gasteiger partial charge >= 0.3 is 0 Å². The van der Waals surface area contributed by atoms with Gasteiger partial charge in [-0.3, -0.25) is 9.59 Å². The van der Waals surface area contributed by atoms with Gasteiger partial charge in [0.05, 0.1) is 5.69 Å². The summed E-state index contributed by atoms with van der Waals surface area (Å²) >= 11 is 5.81. The number of carbonyl (C=O) groups is 2.